The molecule has 19 heavy (non-hydrogen) atoms. The van der Waals surface area contributed by atoms with E-state index in [1.54, 1.807) is 19.1 Å². The monoisotopic (exact) mass is 329 g/mol. The predicted octanol–water partition coefficient (Wildman–Crippen LogP) is 4.40. The van der Waals surface area contributed by atoms with E-state index in [1.807, 2.05) is 6.92 Å². The van der Waals surface area contributed by atoms with Crippen LogP contribution in [0.25, 0.3) is 0 Å². The molecule has 1 aromatic carbocycles. The maximum absolute atomic E-state index is 10.8. The normalized spacial score (nSPS) is 12.2. The number of nitro groups is 1. The van der Waals surface area contributed by atoms with Crippen LogP contribution in [0.5, 0.6) is 5.75 Å². The lowest BCUT2D eigenvalue weighted by atomic mass is 10.1. The van der Waals surface area contributed by atoms with E-state index in [-0.39, 0.29) is 10.6 Å². The Labute approximate surface area is 122 Å². The van der Waals surface area contributed by atoms with Crippen LogP contribution in [0, 0.1) is 29.9 Å². The first-order valence-electron chi connectivity index (χ1n) is 6.40. The molecule has 0 aliphatic rings. The van der Waals surface area contributed by atoms with Gasteiger partial charge in [0.1, 0.15) is 5.75 Å². The molecule has 106 valence electrons. The van der Waals surface area contributed by atoms with E-state index in [9.17, 15) is 10.1 Å². The maximum atomic E-state index is 10.8. The molecule has 1 aromatic rings. The quantitative estimate of drug-likeness (QED) is 0.423. The van der Waals surface area contributed by atoms with E-state index >= 15 is 0 Å². The van der Waals surface area contributed by atoms with Crippen molar-refractivity contribution < 1.29 is 9.66 Å². The van der Waals surface area contributed by atoms with Crippen LogP contribution in [-0.4, -0.2) is 16.9 Å². The Morgan fingerprint density at radius 2 is 2.00 bits per heavy atom. The molecule has 1 rings (SSSR count). The highest BCUT2D eigenvalue weighted by atomic mass is 79.9. The molecule has 0 fully saturated rings. The van der Waals surface area contributed by atoms with Gasteiger partial charge in [0.15, 0.2) is 0 Å². The van der Waals surface area contributed by atoms with Crippen LogP contribution in [0.3, 0.4) is 0 Å². The van der Waals surface area contributed by atoms with Gasteiger partial charge in [-0.1, -0.05) is 22.9 Å². The Morgan fingerprint density at radius 3 is 2.58 bits per heavy atom. The highest BCUT2D eigenvalue weighted by Crippen LogP contribution is 2.28. The molecule has 0 aromatic heterocycles. The van der Waals surface area contributed by atoms with Crippen molar-refractivity contribution in [2.45, 2.75) is 33.6 Å². The first-order valence-corrected chi connectivity index (χ1v) is 7.52. The Bertz CT molecular complexity index is 449. The van der Waals surface area contributed by atoms with E-state index in [0.29, 0.717) is 18.1 Å². The molecule has 0 saturated carbocycles. The number of rotatable bonds is 7. The molecular weight excluding hydrogens is 310 g/mol. The zero-order valence-electron chi connectivity index (χ0n) is 11.6. The fourth-order valence-corrected chi connectivity index (χ4v) is 2.61. The second kappa shape index (κ2) is 7.48. The maximum Gasteiger partial charge on any atom is 0.272 e. The second-order valence-electron chi connectivity index (χ2n) is 4.88. The fourth-order valence-electron chi connectivity index (χ4n) is 1.83. The number of nitro benzene ring substituents is 1. The van der Waals surface area contributed by atoms with Gasteiger partial charge in [0.2, 0.25) is 0 Å². The van der Waals surface area contributed by atoms with Gasteiger partial charge in [0.05, 0.1) is 11.5 Å². The summed E-state index contributed by atoms with van der Waals surface area (Å²) in [6, 6.07) is 3.33. The number of benzene rings is 1. The van der Waals surface area contributed by atoms with Crippen molar-refractivity contribution in [1.82, 2.24) is 0 Å². The number of halogens is 1. The predicted molar refractivity (Wildman–Crippen MR) is 80.3 cm³/mol. The van der Waals surface area contributed by atoms with E-state index < -0.39 is 0 Å². The summed E-state index contributed by atoms with van der Waals surface area (Å²) in [6.07, 6.45) is 2.11. The Morgan fingerprint density at radius 1 is 1.32 bits per heavy atom. The highest BCUT2D eigenvalue weighted by Gasteiger charge is 2.14. The molecule has 5 heteroatoms. The summed E-state index contributed by atoms with van der Waals surface area (Å²) < 4.78 is 5.73. The van der Waals surface area contributed by atoms with Gasteiger partial charge >= 0.3 is 0 Å². The standard InChI is InChI=1S/C14H20BrNO3/c1-10(4-6-15)5-7-19-14-9-11(2)13(16(17)18)8-12(14)3/h8-10H,4-7H2,1-3H3. The van der Waals surface area contributed by atoms with Gasteiger partial charge in [-0.3, -0.25) is 10.1 Å². The van der Waals surface area contributed by atoms with Crippen molar-refractivity contribution in [2.75, 3.05) is 11.9 Å². The Hall–Kier alpha value is -1.10. The molecule has 0 heterocycles. The van der Waals surface area contributed by atoms with Gasteiger partial charge < -0.3 is 4.74 Å². The number of alkyl halides is 1. The van der Waals surface area contributed by atoms with Crippen molar-refractivity contribution in [3.05, 3.63) is 33.4 Å². The molecule has 0 aliphatic heterocycles. The van der Waals surface area contributed by atoms with Gasteiger partial charge in [-0.2, -0.15) is 0 Å². The Kier molecular flexibility index (Phi) is 6.28. The van der Waals surface area contributed by atoms with Gasteiger partial charge in [0, 0.05) is 17.0 Å². The minimum absolute atomic E-state index is 0.150. The average Bonchev–Trinajstić information content (AvgIpc) is 2.33. The summed E-state index contributed by atoms with van der Waals surface area (Å²) >= 11 is 3.42. The fraction of sp³-hybridized carbons (Fsp3) is 0.571. The molecule has 0 amide bonds. The van der Waals surface area contributed by atoms with E-state index in [1.165, 1.54) is 0 Å². The van der Waals surface area contributed by atoms with Crippen LogP contribution in [0.1, 0.15) is 30.9 Å². The second-order valence-corrected chi connectivity index (χ2v) is 5.67. The molecule has 1 atom stereocenters. The zero-order valence-corrected chi connectivity index (χ0v) is 13.2. The number of ether oxygens (including phenoxy) is 1. The third kappa shape index (κ3) is 4.82. The average molecular weight is 330 g/mol. The summed E-state index contributed by atoms with van der Waals surface area (Å²) in [6.45, 7) is 6.41. The molecule has 0 radical (unpaired) electrons. The first kappa shape index (κ1) is 16.0. The van der Waals surface area contributed by atoms with Crippen LogP contribution in [0.4, 0.5) is 5.69 Å². The largest absolute Gasteiger partial charge is 0.493 e. The number of aryl methyl sites for hydroxylation is 2. The Balaban J connectivity index is 2.65. The third-order valence-electron chi connectivity index (χ3n) is 3.16. The molecule has 1 unspecified atom stereocenters. The lowest BCUT2D eigenvalue weighted by Crippen LogP contribution is -2.06. The van der Waals surface area contributed by atoms with Gasteiger partial charge in [0.25, 0.3) is 5.69 Å². The number of hydrogen-bond donors (Lipinski definition) is 0. The van der Waals surface area contributed by atoms with Crippen molar-refractivity contribution >= 4 is 21.6 Å². The summed E-state index contributed by atoms with van der Waals surface area (Å²) in [4.78, 5) is 10.5. The van der Waals surface area contributed by atoms with E-state index in [0.717, 1.165) is 29.5 Å². The molecule has 0 N–H and O–H groups in total. The topological polar surface area (TPSA) is 52.4 Å². The lowest BCUT2D eigenvalue weighted by Gasteiger charge is -2.13. The number of hydrogen-bond acceptors (Lipinski definition) is 3. The number of nitrogens with zero attached hydrogens (tertiary/aromatic N) is 1. The summed E-state index contributed by atoms with van der Waals surface area (Å²) in [7, 11) is 0. The summed E-state index contributed by atoms with van der Waals surface area (Å²) in [5.74, 6) is 1.35. The first-order chi connectivity index (χ1) is 8.95. The zero-order chi connectivity index (χ0) is 14.4. The molecular formula is C14H20BrNO3. The van der Waals surface area contributed by atoms with Gasteiger partial charge in [-0.25, -0.2) is 0 Å². The summed E-state index contributed by atoms with van der Waals surface area (Å²) in [5, 5.41) is 11.8. The van der Waals surface area contributed by atoms with Crippen molar-refractivity contribution in [3.8, 4) is 5.75 Å². The van der Waals surface area contributed by atoms with Gasteiger partial charge in [-0.05, 0) is 44.2 Å². The minimum atomic E-state index is -0.357. The smallest absolute Gasteiger partial charge is 0.272 e. The lowest BCUT2D eigenvalue weighted by molar-refractivity contribution is -0.385. The SMILES string of the molecule is Cc1cc([N+](=O)[O-])c(C)cc1OCCC(C)CCBr. The highest BCUT2D eigenvalue weighted by molar-refractivity contribution is 9.09. The molecule has 0 bridgehead atoms. The molecule has 0 aliphatic carbocycles. The van der Waals surface area contributed by atoms with E-state index in [2.05, 4.69) is 22.9 Å². The summed E-state index contributed by atoms with van der Waals surface area (Å²) in [5.41, 5.74) is 1.60. The van der Waals surface area contributed by atoms with Crippen LogP contribution in [0.15, 0.2) is 12.1 Å². The van der Waals surface area contributed by atoms with Gasteiger partial charge in [-0.15, -0.1) is 0 Å². The third-order valence-corrected chi connectivity index (χ3v) is 3.62. The minimum Gasteiger partial charge on any atom is -0.493 e. The van der Waals surface area contributed by atoms with Crippen LogP contribution in [-0.2, 0) is 0 Å². The van der Waals surface area contributed by atoms with Crippen molar-refractivity contribution in [2.24, 2.45) is 5.92 Å². The molecule has 4 nitrogen and oxygen atoms in total. The van der Waals surface area contributed by atoms with E-state index in [4.69, 9.17) is 4.74 Å². The molecule has 0 saturated heterocycles. The van der Waals surface area contributed by atoms with Crippen LogP contribution < -0.4 is 4.74 Å². The van der Waals surface area contributed by atoms with Crippen molar-refractivity contribution in [3.63, 3.8) is 0 Å². The molecule has 0 spiro atoms. The van der Waals surface area contributed by atoms with Crippen molar-refractivity contribution in [1.29, 1.82) is 0 Å². The van der Waals surface area contributed by atoms with Crippen LogP contribution in [0.2, 0.25) is 0 Å². The van der Waals surface area contributed by atoms with Crippen LogP contribution >= 0.6 is 15.9 Å².